The zero-order valence-corrected chi connectivity index (χ0v) is 32.1. The summed E-state index contributed by atoms with van der Waals surface area (Å²) < 4.78 is 37.9. The molecule has 48 heavy (non-hydrogen) atoms. The predicted molar refractivity (Wildman–Crippen MR) is 191 cm³/mol. The van der Waals surface area contributed by atoms with Gasteiger partial charge in [0.15, 0.2) is 5.16 Å². The number of carbonyl (C=O) groups is 3. The van der Waals surface area contributed by atoms with Crippen LogP contribution in [0.4, 0.5) is 9.59 Å². The largest absolute Gasteiger partial charge is 0.459 e. The number of carbonyl (C=O) groups excluding carboxylic acids is 3. The molecule has 2 unspecified atom stereocenters. The average molecular weight is 707 g/mol. The molecule has 12 heteroatoms. The zero-order valence-electron chi connectivity index (χ0n) is 30.4. The number of hydrogen-bond acceptors (Lipinski definition) is 10. The maximum atomic E-state index is 14.8. The number of ether oxygens (including phenoxy) is 3. The molecule has 0 spiro atoms. The molecular formula is C36H55N2O8PS. The third kappa shape index (κ3) is 10.9. The van der Waals surface area contributed by atoms with E-state index in [1.54, 1.807) is 80.6 Å². The SMILES string of the molecule is CCOP1(=O)CCN(Cc2ccccc2-c2cccs2)CC1(CCCCN(C(=O)OC(C)(C)C)C(=O)OC(C)(C)C)C(=O)OC(C)(C)C. The van der Waals surface area contributed by atoms with Gasteiger partial charge in [-0.3, -0.25) is 14.3 Å². The minimum Gasteiger partial charge on any atom is -0.459 e. The predicted octanol–water partition coefficient (Wildman–Crippen LogP) is 8.97. The number of unbranched alkanes of at least 4 members (excludes halogenated alkanes) is 1. The van der Waals surface area contributed by atoms with Crippen molar-refractivity contribution in [3.05, 3.63) is 47.3 Å². The topological polar surface area (TPSA) is 112 Å². The van der Waals surface area contributed by atoms with E-state index in [1.807, 2.05) is 23.6 Å². The summed E-state index contributed by atoms with van der Waals surface area (Å²) in [5.41, 5.74) is -0.236. The second-order valence-electron chi connectivity index (χ2n) is 15.3. The van der Waals surface area contributed by atoms with E-state index < -0.39 is 47.5 Å². The Balaban J connectivity index is 1.92. The molecule has 1 aliphatic heterocycles. The number of esters is 1. The number of benzene rings is 1. The molecule has 0 saturated carbocycles. The number of rotatable bonds is 11. The van der Waals surface area contributed by atoms with E-state index in [9.17, 15) is 18.9 Å². The highest BCUT2D eigenvalue weighted by atomic mass is 32.1. The van der Waals surface area contributed by atoms with Gasteiger partial charge in [-0.25, -0.2) is 14.5 Å². The number of imide groups is 1. The molecule has 0 aliphatic carbocycles. The summed E-state index contributed by atoms with van der Waals surface area (Å²) in [6, 6.07) is 12.3. The van der Waals surface area contributed by atoms with E-state index in [0.717, 1.165) is 20.9 Å². The van der Waals surface area contributed by atoms with E-state index in [1.165, 1.54) is 0 Å². The summed E-state index contributed by atoms with van der Waals surface area (Å²) in [6.45, 7) is 18.9. The zero-order chi connectivity index (χ0) is 36.0. The van der Waals surface area contributed by atoms with Gasteiger partial charge in [-0.1, -0.05) is 30.3 Å². The highest BCUT2D eigenvalue weighted by Crippen LogP contribution is 2.64. The summed E-state index contributed by atoms with van der Waals surface area (Å²) in [6.07, 6.45) is -0.574. The van der Waals surface area contributed by atoms with Crippen molar-refractivity contribution in [2.24, 2.45) is 0 Å². The Bertz CT molecular complexity index is 1410. The van der Waals surface area contributed by atoms with Crippen LogP contribution >= 0.6 is 18.7 Å². The van der Waals surface area contributed by atoms with Crippen LogP contribution in [0.2, 0.25) is 0 Å². The molecule has 0 bridgehead atoms. The Morgan fingerprint density at radius 1 is 0.875 bits per heavy atom. The minimum atomic E-state index is -3.57. The lowest BCUT2D eigenvalue weighted by atomic mass is 9.98. The first kappa shape index (κ1) is 39.7. The summed E-state index contributed by atoms with van der Waals surface area (Å²) in [5.74, 6) is -0.556. The van der Waals surface area contributed by atoms with Crippen molar-refractivity contribution in [1.82, 2.24) is 9.80 Å². The third-order valence-electron chi connectivity index (χ3n) is 7.61. The average Bonchev–Trinajstić information content (AvgIpc) is 3.47. The van der Waals surface area contributed by atoms with Crippen molar-refractivity contribution in [3.8, 4) is 10.4 Å². The Morgan fingerprint density at radius 2 is 1.48 bits per heavy atom. The standard InChI is InChI=1S/C36H55N2O8PS/c1-11-43-47(42)23-22-37(25-27-17-12-13-18-28(27)29-19-16-24-48-29)26-36(47,30(39)44-33(2,3)4)20-14-15-21-38(31(40)45-34(5,6)7)32(41)46-35(8,9)10/h12-13,16-19,24H,11,14-15,20-23,25-26H2,1-10H3. The molecule has 2 amide bonds. The van der Waals surface area contributed by atoms with E-state index in [0.29, 0.717) is 25.9 Å². The minimum absolute atomic E-state index is 0.00886. The van der Waals surface area contributed by atoms with Gasteiger partial charge in [-0.15, -0.1) is 11.3 Å². The maximum Gasteiger partial charge on any atom is 0.419 e. The van der Waals surface area contributed by atoms with Gasteiger partial charge in [0.05, 0.1) is 6.61 Å². The molecule has 1 aromatic carbocycles. The van der Waals surface area contributed by atoms with Gasteiger partial charge in [-0.2, -0.15) is 0 Å². The van der Waals surface area contributed by atoms with E-state index in [2.05, 4.69) is 23.1 Å². The van der Waals surface area contributed by atoms with Crippen molar-refractivity contribution in [3.63, 3.8) is 0 Å². The first-order chi connectivity index (χ1) is 22.2. The number of hydrogen-bond donors (Lipinski definition) is 0. The first-order valence-corrected chi connectivity index (χ1v) is 19.4. The molecule has 0 radical (unpaired) electrons. The van der Waals surface area contributed by atoms with E-state index in [4.69, 9.17) is 18.7 Å². The van der Waals surface area contributed by atoms with Crippen LogP contribution in [0, 0.1) is 0 Å². The molecule has 2 heterocycles. The molecule has 268 valence electrons. The smallest absolute Gasteiger partial charge is 0.419 e. The van der Waals surface area contributed by atoms with Gasteiger partial charge in [0, 0.05) is 37.2 Å². The highest BCUT2D eigenvalue weighted by Gasteiger charge is 2.59. The molecular weight excluding hydrogens is 651 g/mol. The Labute approximate surface area is 290 Å². The van der Waals surface area contributed by atoms with Gasteiger partial charge in [0.2, 0.25) is 7.37 Å². The molecule has 0 N–H and O–H groups in total. The fraction of sp³-hybridized carbons (Fsp3) is 0.639. The first-order valence-electron chi connectivity index (χ1n) is 16.7. The van der Waals surface area contributed by atoms with E-state index in [-0.39, 0.29) is 32.3 Å². The van der Waals surface area contributed by atoms with Gasteiger partial charge >= 0.3 is 18.2 Å². The van der Waals surface area contributed by atoms with Gasteiger partial charge in [0.25, 0.3) is 0 Å². The Kier molecular flexibility index (Phi) is 13.1. The quantitative estimate of drug-likeness (QED) is 0.0978. The fourth-order valence-electron chi connectivity index (χ4n) is 5.65. The van der Waals surface area contributed by atoms with E-state index >= 15 is 0 Å². The lowest BCUT2D eigenvalue weighted by Crippen LogP contribution is -2.56. The number of thiophene rings is 1. The lowest BCUT2D eigenvalue weighted by molar-refractivity contribution is -0.160. The van der Waals surface area contributed by atoms with Crippen LogP contribution in [0.15, 0.2) is 41.8 Å². The monoisotopic (exact) mass is 706 g/mol. The Morgan fingerprint density at radius 3 is 2.02 bits per heavy atom. The van der Waals surface area contributed by atoms with Crippen molar-refractivity contribution in [2.75, 3.05) is 32.4 Å². The maximum absolute atomic E-state index is 14.8. The third-order valence-corrected chi connectivity index (χ3v) is 11.8. The summed E-state index contributed by atoms with van der Waals surface area (Å²) in [5, 5.41) is 0.598. The van der Waals surface area contributed by atoms with Crippen molar-refractivity contribution in [2.45, 2.75) is 117 Å². The summed E-state index contributed by atoms with van der Waals surface area (Å²) >= 11 is 1.67. The van der Waals surface area contributed by atoms with Crippen LogP contribution in [-0.2, 0) is 34.6 Å². The van der Waals surface area contributed by atoms with Crippen molar-refractivity contribution < 1.29 is 37.7 Å². The van der Waals surface area contributed by atoms with Crippen molar-refractivity contribution in [1.29, 1.82) is 0 Å². The van der Waals surface area contributed by atoms with Gasteiger partial charge < -0.3 is 18.7 Å². The van der Waals surface area contributed by atoms with Crippen LogP contribution in [-0.4, -0.2) is 82.3 Å². The molecule has 1 aliphatic rings. The van der Waals surface area contributed by atoms with Crippen LogP contribution in [0.25, 0.3) is 10.4 Å². The van der Waals surface area contributed by atoms with Gasteiger partial charge in [0.1, 0.15) is 16.8 Å². The molecule has 1 fully saturated rings. The molecule has 3 rings (SSSR count). The Hall–Kier alpha value is -2.72. The van der Waals surface area contributed by atoms with Crippen LogP contribution in [0.5, 0.6) is 0 Å². The highest BCUT2D eigenvalue weighted by molar-refractivity contribution is 7.62. The summed E-state index contributed by atoms with van der Waals surface area (Å²) in [7, 11) is -3.57. The molecule has 1 aromatic heterocycles. The molecule has 2 aromatic rings. The second kappa shape index (κ2) is 15.9. The molecule has 1 saturated heterocycles. The second-order valence-corrected chi connectivity index (χ2v) is 19.1. The normalized spacial score (nSPS) is 20.6. The summed E-state index contributed by atoms with van der Waals surface area (Å²) in [4.78, 5) is 44.7. The molecule has 2 atom stereocenters. The number of nitrogens with zero attached hydrogens (tertiary/aromatic N) is 2. The fourth-order valence-corrected chi connectivity index (χ4v) is 9.45. The lowest BCUT2D eigenvalue weighted by Gasteiger charge is -2.46. The van der Waals surface area contributed by atoms with Crippen LogP contribution in [0.3, 0.4) is 0 Å². The van der Waals surface area contributed by atoms with Crippen molar-refractivity contribution >= 4 is 36.9 Å². The van der Waals surface area contributed by atoms with Crippen LogP contribution in [0.1, 0.15) is 94.1 Å². The number of amides is 2. The van der Waals surface area contributed by atoms with Gasteiger partial charge in [-0.05, 0) is 111 Å². The molecule has 10 nitrogen and oxygen atoms in total. The van der Waals surface area contributed by atoms with Crippen LogP contribution < -0.4 is 0 Å².